The summed E-state index contributed by atoms with van der Waals surface area (Å²) >= 11 is 0. The third kappa shape index (κ3) is 8.02. The van der Waals surface area contributed by atoms with Crippen molar-refractivity contribution in [2.24, 2.45) is 5.92 Å². The lowest BCUT2D eigenvalue weighted by Gasteiger charge is -2.26. The molecule has 26 heavy (non-hydrogen) atoms. The highest BCUT2D eigenvalue weighted by Crippen LogP contribution is 2.46. The van der Waals surface area contributed by atoms with E-state index in [1.807, 2.05) is 6.07 Å². The van der Waals surface area contributed by atoms with Gasteiger partial charge >= 0.3 is 12.1 Å². The van der Waals surface area contributed by atoms with Gasteiger partial charge in [-0.2, -0.15) is 0 Å². The molecule has 0 aromatic heterocycles. The lowest BCUT2D eigenvalue weighted by molar-refractivity contribution is -0.144. The van der Waals surface area contributed by atoms with E-state index in [0.29, 0.717) is 5.56 Å². The fourth-order valence-corrected chi connectivity index (χ4v) is 4.46. The number of ether oxygens (including phenoxy) is 2. The largest absolute Gasteiger partial charge is 0.469 e. The van der Waals surface area contributed by atoms with Gasteiger partial charge in [-0.15, -0.1) is 0 Å². The molecule has 0 heterocycles. The van der Waals surface area contributed by atoms with Crippen LogP contribution in [0.4, 0.5) is 4.79 Å². The van der Waals surface area contributed by atoms with Gasteiger partial charge in [-0.25, -0.2) is 4.79 Å². The summed E-state index contributed by atoms with van der Waals surface area (Å²) in [4.78, 5) is 34.0. The third-order valence-corrected chi connectivity index (χ3v) is 5.58. The number of benzene rings is 1. The normalized spacial score (nSPS) is 16.1. The van der Waals surface area contributed by atoms with Crippen LogP contribution in [0, 0.1) is 5.92 Å². The van der Waals surface area contributed by atoms with Crippen LogP contribution in [0.15, 0.2) is 30.3 Å². The molecule has 7 nitrogen and oxygen atoms in total. The van der Waals surface area contributed by atoms with Gasteiger partial charge in [0.15, 0.2) is 0 Å². The summed E-state index contributed by atoms with van der Waals surface area (Å²) in [7, 11) is -2.48. The summed E-state index contributed by atoms with van der Waals surface area (Å²) in [5.74, 6) is -1.26. The first-order valence-electron chi connectivity index (χ1n) is 8.36. The molecular formula is C18H28NO6P. The Morgan fingerprint density at radius 3 is 2.27 bits per heavy atom. The first-order valence-corrected chi connectivity index (χ1v) is 10.4. The molecule has 3 atom stereocenters. The Morgan fingerprint density at radius 1 is 1.19 bits per heavy atom. The standard InChI is InChI=1S/C18H28NO6P/c1-13(16(20)24-5)11-26(22,23)12-15(14-9-7-6-8-10-14)19-17(21)25-18(2,3)4/h6-10,13,15H,11-12H2,1-5H3,(H,19,21)(H,22,23)/t13?,15-/m1/s1. The second-order valence-electron chi connectivity index (χ2n) is 7.25. The van der Waals surface area contributed by atoms with Crippen LogP contribution in [-0.4, -0.2) is 42.0 Å². The summed E-state index contributed by atoms with van der Waals surface area (Å²) in [6.45, 7) is 6.74. The summed E-state index contributed by atoms with van der Waals surface area (Å²) in [6.07, 6.45) is -1.11. The Hall–Kier alpha value is -1.85. The molecule has 0 aliphatic heterocycles. The van der Waals surface area contributed by atoms with Crippen molar-refractivity contribution in [1.82, 2.24) is 5.32 Å². The molecule has 1 amide bonds. The van der Waals surface area contributed by atoms with Gasteiger partial charge in [0.2, 0.25) is 7.37 Å². The van der Waals surface area contributed by atoms with Crippen molar-refractivity contribution in [1.29, 1.82) is 0 Å². The first-order chi connectivity index (χ1) is 11.9. The van der Waals surface area contributed by atoms with E-state index in [1.165, 1.54) is 14.0 Å². The maximum absolute atomic E-state index is 12.7. The quantitative estimate of drug-likeness (QED) is 0.551. The Kier molecular flexibility index (Phi) is 7.85. The van der Waals surface area contributed by atoms with Crippen LogP contribution >= 0.6 is 7.37 Å². The van der Waals surface area contributed by atoms with Gasteiger partial charge in [0.25, 0.3) is 0 Å². The molecule has 1 aromatic carbocycles. The van der Waals surface area contributed by atoms with Crippen molar-refractivity contribution < 1.29 is 28.5 Å². The smallest absolute Gasteiger partial charge is 0.408 e. The number of esters is 1. The Balaban J connectivity index is 2.94. The van der Waals surface area contributed by atoms with Crippen molar-refractivity contribution in [3.63, 3.8) is 0 Å². The number of hydrogen-bond acceptors (Lipinski definition) is 5. The monoisotopic (exact) mass is 385 g/mol. The van der Waals surface area contributed by atoms with Crippen LogP contribution in [0.5, 0.6) is 0 Å². The van der Waals surface area contributed by atoms with E-state index in [2.05, 4.69) is 10.1 Å². The number of amides is 1. The van der Waals surface area contributed by atoms with Crippen molar-refractivity contribution in [3.05, 3.63) is 35.9 Å². The van der Waals surface area contributed by atoms with Gasteiger partial charge in [0.05, 0.1) is 19.1 Å². The Morgan fingerprint density at radius 2 is 1.77 bits per heavy atom. The third-order valence-electron chi connectivity index (χ3n) is 3.52. The number of carbonyl (C=O) groups is 2. The number of alkyl carbamates (subject to hydrolysis) is 1. The molecule has 2 unspecified atom stereocenters. The second-order valence-corrected chi connectivity index (χ2v) is 9.67. The number of carbonyl (C=O) groups excluding carboxylic acids is 2. The molecule has 1 aromatic rings. The predicted octanol–water partition coefficient (Wildman–Crippen LogP) is 3.33. The first kappa shape index (κ1) is 22.2. The molecular weight excluding hydrogens is 357 g/mol. The Labute approximate surface area is 154 Å². The van der Waals surface area contributed by atoms with E-state index in [-0.39, 0.29) is 12.3 Å². The maximum Gasteiger partial charge on any atom is 0.408 e. The van der Waals surface area contributed by atoms with Crippen molar-refractivity contribution in [2.45, 2.75) is 39.3 Å². The summed E-state index contributed by atoms with van der Waals surface area (Å²) in [5, 5.41) is 2.65. The lowest BCUT2D eigenvalue weighted by atomic mass is 10.1. The van der Waals surface area contributed by atoms with Crippen molar-refractivity contribution >= 4 is 19.4 Å². The highest BCUT2D eigenvalue weighted by Gasteiger charge is 2.31. The van der Waals surface area contributed by atoms with Gasteiger partial charge in [-0.1, -0.05) is 37.3 Å². The number of nitrogens with one attached hydrogen (secondary N) is 1. The molecule has 0 saturated heterocycles. The number of methoxy groups -OCH3 is 1. The minimum absolute atomic E-state index is 0.211. The van der Waals surface area contributed by atoms with E-state index in [9.17, 15) is 19.0 Å². The minimum atomic E-state index is -3.72. The Bertz CT molecular complexity index is 655. The van der Waals surface area contributed by atoms with Crippen molar-refractivity contribution in [2.75, 3.05) is 19.4 Å². The molecule has 146 valence electrons. The molecule has 8 heteroatoms. The van der Waals surface area contributed by atoms with Gasteiger partial charge in [-0.05, 0) is 26.3 Å². The van der Waals surface area contributed by atoms with Crippen LogP contribution < -0.4 is 5.32 Å². The topological polar surface area (TPSA) is 102 Å². The van der Waals surface area contributed by atoms with Gasteiger partial charge in [0, 0.05) is 12.3 Å². The van der Waals surface area contributed by atoms with Crippen molar-refractivity contribution in [3.8, 4) is 0 Å². The number of rotatable bonds is 7. The zero-order valence-electron chi connectivity index (χ0n) is 15.9. The highest BCUT2D eigenvalue weighted by molar-refractivity contribution is 7.58. The van der Waals surface area contributed by atoms with Crippen LogP contribution in [0.1, 0.15) is 39.3 Å². The van der Waals surface area contributed by atoms with Gasteiger partial charge < -0.3 is 19.7 Å². The van der Waals surface area contributed by atoms with E-state index < -0.39 is 37.0 Å². The van der Waals surface area contributed by atoms with E-state index in [4.69, 9.17) is 4.74 Å². The van der Waals surface area contributed by atoms with Crippen LogP contribution in [0.2, 0.25) is 0 Å². The molecule has 0 aliphatic carbocycles. The predicted molar refractivity (Wildman–Crippen MR) is 99.3 cm³/mol. The fraction of sp³-hybridized carbons (Fsp3) is 0.556. The second kappa shape index (κ2) is 9.19. The zero-order valence-corrected chi connectivity index (χ0v) is 16.8. The average molecular weight is 385 g/mol. The molecule has 0 bridgehead atoms. The lowest BCUT2D eigenvalue weighted by Crippen LogP contribution is -2.36. The summed E-state index contributed by atoms with van der Waals surface area (Å²) in [6, 6.07) is 8.16. The molecule has 0 radical (unpaired) electrons. The van der Waals surface area contributed by atoms with Gasteiger partial charge in [-0.3, -0.25) is 9.36 Å². The molecule has 2 N–H and O–H groups in total. The van der Waals surface area contributed by atoms with Gasteiger partial charge in [0.1, 0.15) is 5.60 Å². The average Bonchev–Trinajstić information content (AvgIpc) is 2.51. The van der Waals surface area contributed by atoms with Crippen LogP contribution in [-0.2, 0) is 18.8 Å². The van der Waals surface area contributed by atoms with E-state index >= 15 is 0 Å². The summed E-state index contributed by atoms with van der Waals surface area (Å²) in [5.41, 5.74) is -0.00784. The minimum Gasteiger partial charge on any atom is -0.469 e. The molecule has 1 rings (SSSR count). The van der Waals surface area contributed by atoms with Crippen LogP contribution in [0.25, 0.3) is 0 Å². The zero-order chi connectivity index (χ0) is 20.0. The molecule has 0 aliphatic rings. The van der Waals surface area contributed by atoms with Crippen LogP contribution in [0.3, 0.4) is 0 Å². The molecule has 0 fully saturated rings. The maximum atomic E-state index is 12.7. The fourth-order valence-electron chi connectivity index (χ4n) is 2.43. The highest BCUT2D eigenvalue weighted by atomic mass is 31.2. The van der Waals surface area contributed by atoms with E-state index in [1.54, 1.807) is 45.0 Å². The SMILES string of the molecule is COC(=O)C(C)CP(=O)(O)C[C@@H](NC(=O)OC(C)(C)C)c1ccccc1. The van der Waals surface area contributed by atoms with E-state index in [0.717, 1.165) is 0 Å². The number of hydrogen-bond donors (Lipinski definition) is 2. The molecule has 0 saturated carbocycles. The summed E-state index contributed by atoms with van der Waals surface area (Å²) < 4.78 is 22.5. The molecule has 0 spiro atoms.